The Morgan fingerprint density at radius 2 is 1.87 bits per heavy atom. The Morgan fingerprint density at radius 1 is 1.13 bits per heavy atom. The van der Waals surface area contributed by atoms with Crippen LogP contribution in [0.5, 0.6) is 11.5 Å². The van der Waals surface area contributed by atoms with Gasteiger partial charge in [-0.05, 0) is 30.3 Å². The maximum absolute atomic E-state index is 13.5. The van der Waals surface area contributed by atoms with E-state index in [9.17, 15) is 9.18 Å². The van der Waals surface area contributed by atoms with Gasteiger partial charge in [-0.3, -0.25) is 4.79 Å². The third kappa shape index (κ3) is 4.06. The molecule has 0 spiro atoms. The van der Waals surface area contributed by atoms with Crippen LogP contribution in [-0.4, -0.2) is 20.1 Å². The second-order valence-electron chi connectivity index (χ2n) is 4.61. The van der Waals surface area contributed by atoms with Gasteiger partial charge < -0.3 is 14.8 Å². The number of rotatable bonds is 5. The minimum absolute atomic E-state index is 0.00966. The lowest BCUT2D eigenvalue weighted by atomic mass is 10.1. The van der Waals surface area contributed by atoms with Crippen LogP contribution in [0.1, 0.15) is 15.9 Å². The molecule has 2 aromatic rings. The molecule has 2 aromatic carbocycles. The molecule has 0 heterocycles. The summed E-state index contributed by atoms with van der Waals surface area (Å²) in [6.07, 6.45) is 0. The summed E-state index contributed by atoms with van der Waals surface area (Å²) in [6.45, 7) is 0.166. The van der Waals surface area contributed by atoms with Gasteiger partial charge in [0, 0.05) is 12.1 Å². The molecule has 0 fully saturated rings. The summed E-state index contributed by atoms with van der Waals surface area (Å²) in [7, 11) is 3.07. The minimum Gasteiger partial charge on any atom is -0.497 e. The summed E-state index contributed by atoms with van der Waals surface area (Å²) in [5.74, 6) is 0.000666. The standard InChI is InChI=1S/C16H14Cl2FNO3/c1-22-10-3-4-15(23-2)9(5-10)8-20-16(21)11-6-14(19)13(18)7-12(11)17/h3-7H,8H2,1-2H3,(H,20,21). The first-order chi connectivity index (χ1) is 11.0. The Hall–Kier alpha value is -1.98. The summed E-state index contributed by atoms with van der Waals surface area (Å²) in [5.41, 5.74) is 0.723. The van der Waals surface area contributed by atoms with Crippen molar-refractivity contribution in [1.29, 1.82) is 0 Å². The number of carbonyl (C=O) groups excluding carboxylic acids is 1. The molecule has 0 aliphatic rings. The van der Waals surface area contributed by atoms with Gasteiger partial charge in [-0.25, -0.2) is 4.39 Å². The lowest BCUT2D eigenvalue weighted by Crippen LogP contribution is -2.23. The van der Waals surface area contributed by atoms with Crippen LogP contribution in [-0.2, 0) is 6.54 Å². The van der Waals surface area contributed by atoms with E-state index in [-0.39, 0.29) is 22.2 Å². The number of ether oxygens (including phenoxy) is 2. The number of benzene rings is 2. The van der Waals surface area contributed by atoms with E-state index < -0.39 is 11.7 Å². The first-order valence-electron chi connectivity index (χ1n) is 6.60. The van der Waals surface area contributed by atoms with Crippen LogP contribution in [0.25, 0.3) is 0 Å². The number of carbonyl (C=O) groups is 1. The third-order valence-corrected chi connectivity index (χ3v) is 3.78. The maximum Gasteiger partial charge on any atom is 0.253 e. The van der Waals surface area contributed by atoms with E-state index in [0.29, 0.717) is 17.1 Å². The lowest BCUT2D eigenvalue weighted by molar-refractivity contribution is 0.0950. The van der Waals surface area contributed by atoms with E-state index in [0.717, 1.165) is 6.07 Å². The van der Waals surface area contributed by atoms with E-state index >= 15 is 0 Å². The van der Waals surface area contributed by atoms with Crippen LogP contribution >= 0.6 is 23.2 Å². The van der Waals surface area contributed by atoms with Crippen LogP contribution in [0.4, 0.5) is 4.39 Å². The topological polar surface area (TPSA) is 47.6 Å². The molecule has 122 valence electrons. The Morgan fingerprint density at radius 3 is 2.52 bits per heavy atom. The quantitative estimate of drug-likeness (QED) is 0.820. The summed E-state index contributed by atoms with van der Waals surface area (Å²) in [4.78, 5) is 12.2. The van der Waals surface area contributed by atoms with Crippen molar-refractivity contribution in [3.05, 3.63) is 57.3 Å². The monoisotopic (exact) mass is 357 g/mol. The zero-order valence-corrected chi connectivity index (χ0v) is 14.0. The predicted molar refractivity (Wildman–Crippen MR) is 87.1 cm³/mol. The molecule has 0 saturated carbocycles. The fourth-order valence-electron chi connectivity index (χ4n) is 1.99. The van der Waals surface area contributed by atoms with Crippen molar-refractivity contribution in [1.82, 2.24) is 5.32 Å². The average Bonchev–Trinajstić information content (AvgIpc) is 2.55. The van der Waals surface area contributed by atoms with Gasteiger partial charge in [0.05, 0.1) is 29.8 Å². The van der Waals surface area contributed by atoms with E-state index in [4.69, 9.17) is 32.7 Å². The molecule has 0 aromatic heterocycles. The Balaban J connectivity index is 2.18. The van der Waals surface area contributed by atoms with Crippen LogP contribution in [0.3, 0.4) is 0 Å². The normalized spacial score (nSPS) is 10.3. The summed E-state index contributed by atoms with van der Waals surface area (Å²) in [5, 5.41) is 2.60. The SMILES string of the molecule is COc1ccc(OC)c(CNC(=O)c2cc(F)c(Cl)cc2Cl)c1. The van der Waals surface area contributed by atoms with Crippen molar-refractivity contribution in [2.45, 2.75) is 6.54 Å². The lowest BCUT2D eigenvalue weighted by Gasteiger charge is -2.12. The second kappa shape index (κ2) is 7.53. The average molecular weight is 358 g/mol. The Labute approximate surface area is 143 Å². The zero-order chi connectivity index (χ0) is 17.0. The van der Waals surface area contributed by atoms with E-state index in [1.807, 2.05) is 0 Å². The van der Waals surface area contributed by atoms with Crippen molar-refractivity contribution in [2.75, 3.05) is 14.2 Å². The highest BCUT2D eigenvalue weighted by Gasteiger charge is 2.15. The molecular formula is C16H14Cl2FNO3. The van der Waals surface area contributed by atoms with Gasteiger partial charge in [0.25, 0.3) is 5.91 Å². The number of nitrogens with one attached hydrogen (secondary N) is 1. The molecule has 23 heavy (non-hydrogen) atoms. The highest BCUT2D eigenvalue weighted by atomic mass is 35.5. The van der Waals surface area contributed by atoms with Crippen molar-refractivity contribution < 1.29 is 18.7 Å². The maximum atomic E-state index is 13.5. The van der Waals surface area contributed by atoms with Gasteiger partial charge in [0.15, 0.2) is 0 Å². The molecule has 0 saturated heterocycles. The first-order valence-corrected chi connectivity index (χ1v) is 7.35. The highest BCUT2D eigenvalue weighted by Crippen LogP contribution is 2.26. The molecule has 1 N–H and O–H groups in total. The largest absolute Gasteiger partial charge is 0.497 e. The van der Waals surface area contributed by atoms with Crippen molar-refractivity contribution in [3.8, 4) is 11.5 Å². The fourth-order valence-corrected chi connectivity index (χ4v) is 2.46. The number of amides is 1. The van der Waals surface area contributed by atoms with Crippen molar-refractivity contribution in [3.63, 3.8) is 0 Å². The number of halogens is 3. The minimum atomic E-state index is -0.708. The van der Waals surface area contributed by atoms with Crippen molar-refractivity contribution >= 4 is 29.1 Å². The predicted octanol–water partition coefficient (Wildman–Crippen LogP) is 4.08. The van der Waals surface area contributed by atoms with Crippen LogP contribution < -0.4 is 14.8 Å². The smallest absolute Gasteiger partial charge is 0.253 e. The van der Waals surface area contributed by atoms with Gasteiger partial charge in [0.2, 0.25) is 0 Å². The highest BCUT2D eigenvalue weighted by molar-refractivity contribution is 6.36. The van der Waals surface area contributed by atoms with E-state index in [1.165, 1.54) is 13.2 Å². The third-order valence-electron chi connectivity index (χ3n) is 3.18. The summed E-state index contributed by atoms with van der Waals surface area (Å²) < 4.78 is 23.9. The number of hydrogen-bond acceptors (Lipinski definition) is 3. The fraction of sp³-hybridized carbons (Fsp3) is 0.188. The number of methoxy groups -OCH3 is 2. The number of hydrogen-bond donors (Lipinski definition) is 1. The molecule has 7 heteroatoms. The molecule has 0 bridgehead atoms. The summed E-state index contributed by atoms with van der Waals surface area (Å²) in [6, 6.07) is 7.41. The molecule has 1 amide bonds. The van der Waals surface area contributed by atoms with Gasteiger partial charge >= 0.3 is 0 Å². The Bertz CT molecular complexity index is 738. The Kier molecular flexibility index (Phi) is 5.69. The molecule has 0 unspecified atom stereocenters. The summed E-state index contributed by atoms with van der Waals surface area (Å²) >= 11 is 11.5. The molecule has 0 radical (unpaired) electrons. The van der Waals surface area contributed by atoms with E-state index in [2.05, 4.69) is 5.32 Å². The van der Waals surface area contributed by atoms with Crippen molar-refractivity contribution in [2.24, 2.45) is 0 Å². The molecule has 4 nitrogen and oxygen atoms in total. The molecular weight excluding hydrogens is 344 g/mol. The second-order valence-corrected chi connectivity index (χ2v) is 5.42. The molecule has 0 atom stereocenters. The van der Waals surface area contributed by atoms with Crippen LogP contribution in [0.15, 0.2) is 30.3 Å². The molecule has 0 aliphatic carbocycles. The van der Waals surface area contributed by atoms with Crippen LogP contribution in [0, 0.1) is 5.82 Å². The van der Waals surface area contributed by atoms with Gasteiger partial charge in [-0.1, -0.05) is 23.2 Å². The zero-order valence-electron chi connectivity index (χ0n) is 12.5. The molecule has 0 aliphatic heterocycles. The first kappa shape index (κ1) is 17.4. The van der Waals surface area contributed by atoms with Gasteiger partial charge in [-0.2, -0.15) is 0 Å². The van der Waals surface area contributed by atoms with E-state index in [1.54, 1.807) is 25.3 Å². The van der Waals surface area contributed by atoms with Gasteiger partial charge in [0.1, 0.15) is 17.3 Å². The van der Waals surface area contributed by atoms with Crippen LogP contribution in [0.2, 0.25) is 10.0 Å². The molecule has 2 rings (SSSR count). The van der Waals surface area contributed by atoms with Gasteiger partial charge in [-0.15, -0.1) is 0 Å².